The van der Waals surface area contributed by atoms with Gasteiger partial charge in [-0.3, -0.25) is 0 Å². The number of benzene rings is 2. The monoisotopic (exact) mass is 437 g/mol. The average Bonchev–Trinajstić information content (AvgIpc) is 3.32. The quantitative estimate of drug-likeness (QED) is 0.397. The molecule has 0 spiro atoms. The Kier molecular flexibility index (Phi) is 5.98. The lowest BCUT2D eigenvalue weighted by atomic mass is 10.1. The van der Waals surface area contributed by atoms with E-state index >= 15 is 0 Å². The largest absolute Gasteiger partial charge is 0.497 e. The molecule has 166 valence electrons. The number of hydrogen-bond donors (Lipinski definition) is 0. The van der Waals surface area contributed by atoms with E-state index in [9.17, 15) is 0 Å². The van der Waals surface area contributed by atoms with Crippen molar-refractivity contribution in [3.8, 4) is 51.7 Å². The third-order valence-corrected chi connectivity index (χ3v) is 4.85. The molecular weight excluding hydrogens is 414 g/mol. The molecule has 0 amide bonds. The summed E-state index contributed by atoms with van der Waals surface area (Å²) in [5.41, 5.74) is 1.99. The molecule has 0 aliphatic heterocycles. The van der Waals surface area contributed by atoms with Gasteiger partial charge in [0.25, 0.3) is 5.89 Å². The molecular formula is C23H23N3O6. The van der Waals surface area contributed by atoms with Crippen LogP contribution >= 0.6 is 0 Å². The van der Waals surface area contributed by atoms with Gasteiger partial charge in [-0.25, -0.2) is 4.98 Å². The molecule has 4 aromatic rings. The van der Waals surface area contributed by atoms with Crippen LogP contribution < -0.4 is 23.7 Å². The molecule has 0 fully saturated rings. The van der Waals surface area contributed by atoms with E-state index in [2.05, 4.69) is 15.1 Å². The van der Waals surface area contributed by atoms with Crippen LogP contribution in [0.2, 0.25) is 0 Å². The Hall–Kier alpha value is -4.01. The molecule has 2 aromatic heterocycles. The summed E-state index contributed by atoms with van der Waals surface area (Å²) in [6.45, 7) is 2.33. The van der Waals surface area contributed by atoms with Crippen LogP contribution in [0.15, 0.2) is 40.9 Å². The summed E-state index contributed by atoms with van der Waals surface area (Å²) in [6.07, 6.45) is 0. The number of fused-ring (bicyclic) bond motifs is 1. The third kappa shape index (κ3) is 3.84. The fourth-order valence-electron chi connectivity index (χ4n) is 3.33. The lowest BCUT2D eigenvalue weighted by Gasteiger charge is -2.12. The lowest BCUT2D eigenvalue weighted by Crippen LogP contribution is -1.99. The van der Waals surface area contributed by atoms with E-state index in [1.807, 2.05) is 31.2 Å². The fraction of sp³-hybridized carbons (Fsp3) is 0.261. The van der Waals surface area contributed by atoms with Crippen LogP contribution in [-0.2, 0) is 0 Å². The van der Waals surface area contributed by atoms with Crippen molar-refractivity contribution in [3.05, 3.63) is 36.4 Å². The van der Waals surface area contributed by atoms with Crippen molar-refractivity contribution in [1.82, 2.24) is 15.1 Å². The molecule has 0 bridgehead atoms. The van der Waals surface area contributed by atoms with Gasteiger partial charge in [0.15, 0.2) is 11.5 Å². The zero-order chi connectivity index (χ0) is 22.7. The van der Waals surface area contributed by atoms with Crippen LogP contribution in [0.5, 0.6) is 28.9 Å². The summed E-state index contributed by atoms with van der Waals surface area (Å²) in [6, 6.07) is 11.0. The molecule has 2 heterocycles. The molecule has 0 saturated carbocycles. The highest BCUT2D eigenvalue weighted by Crippen LogP contribution is 2.41. The molecule has 2 aromatic carbocycles. The first-order chi connectivity index (χ1) is 15.6. The third-order valence-electron chi connectivity index (χ3n) is 4.85. The van der Waals surface area contributed by atoms with Gasteiger partial charge in [-0.2, -0.15) is 4.98 Å². The molecule has 0 N–H and O–H groups in total. The Morgan fingerprint density at radius 1 is 0.844 bits per heavy atom. The van der Waals surface area contributed by atoms with Crippen LogP contribution in [0, 0.1) is 0 Å². The maximum atomic E-state index is 5.75. The van der Waals surface area contributed by atoms with Gasteiger partial charge in [-0.1, -0.05) is 5.16 Å². The van der Waals surface area contributed by atoms with E-state index < -0.39 is 0 Å². The zero-order valence-corrected chi connectivity index (χ0v) is 18.5. The first-order valence-electron chi connectivity index (χ1n) is 9.87. The van der Waals surface area contributed by atoms with Gasteiger partial charge in [0.05, 0.1) is 46.1 Å². The van der Waals surface area contributed by atoms with Crippen LogP contribution in [-0.4, -0.2) is 50.2 Å². The van der Waals surface area contributed by atoms with Crippen LogP contribution in [0.25, 0.3) is 33.7 Å². The number of rotatable bonds is 8. The normalized spacial score (nSPS) is 10.8. The van der Waals surface area contributed by atoms with E-state index in [1.165, 1.54) is 0 Å². The van der Waals surface area contributed by atoms with Gasteiger partial charge >= 0.3 is 0 Å². The summed E-state index contributed by atoms with van der Waals surface area (Å²) >= 11 is 0. The zero-order valence-electron chi connectivity index (χ0n) is 18.5. The maximum Gasteiger partial charge on any atom is 0.258 e. The van der Waals surface area contributed by atoms with E-state index in [0.29, 0.717) is 46.7 Å². The van der Waals surface area contributed by atoms with Crippen LogP contribution in [0.4, 0.5) is 0 Å². The number of pyridine rings is 1. The molecule has 0 aliphatic rings. The Labute approximate surface area is 184 Å². The highest BCUT2D eigenvalue weighted by atomic mass is 16.5. The molecule has 0 unspecified atom stereocenters. The molecule has 0 atom stereocenters. The summed E-state index contributed by atoms with van der Waals surface area (Å²) in [7, 11) is 6.25. The van der Waals surface area contributed by atoms with Gasteiger partial charge in [-0.15, -0.1) is 0 Å². The molecule has 4 rings (SSSR count). The molecule has 9 nitrogen and oxygen atoms in total. The second-order valence-electron chi connectivity index (χ2n) is 6.67. The van der Waals surface area contributed by atoms with Crippen molar-refractivity contribution in [1.29, 1.82) is 0 Å². The predicted octanol–water partition coefficient (Wildman–Crippen LogP) is 4.38. The Bertz CT molecular complexity index is 1230. The molecule has 0 radical (unpaired) electrons. The second-order valence-corrected chi connectivity index (χ2v) is 6.67. The second kappa shape index (κ2) is 9.01. The van der Waals surface area contributed by atoms with Gasteiger partial charge < -0.3 is 28.2 Å². The highest BCUT2D eigenvalue weighted by Gasteiger charge is 2.20. The summed E-state index contributed by atoms with van der Waals surface area (Å²) in [5.74, 6) is 3.21. The minimum Gasteiger partial charge on any atom is -0.497 e. The van der Waals surface area contributed by atoms with Crippen molar-refractivity contribution >= 4 is 10.9 Å². The maximum absolute atomic E-state index is 5.75. The fourth-order valence-corrected chi connectivity index (χ4v) is 3.33. The average molecular weight is 437 g/mol. The Morgan fingerprint density at radius 2 is 1.59 bits per heavy atom. The van der Waals surface area contributed by atoms with Crippen LogP contribution in [0.1, 0.15) is 6.92 Å². The summed E-state index contributed by atoms with van der Waals surface area (Å²) < 4.78 is 32.8. The molecule has 9 heteroatoms. The van der Waals surface area contributed by atoms with E-state index in [4.69, 9.17) is 28.2 Å². The van der Waals surface area contributed by atoms with Crippen molar-refractivity contribution in [2.75, 3.05) is 35.0 Å². The number of ether oxygens (including phenoxy) is 5. The first kappa shape index (κ1) is 21.2. The number of hydrogen-bond acceptors (Lipinski definition) is 9. The predicted molar refractivity (Wildman–Crippen MR) is 118 cm³/mol. The van der Waals surface area contributed by atoms with Crippen molar-refractivity contribution in [3.63, 3.8) is 0 Å². The Balaban J connectivity index is 1.82. The van der Waals surface area contributed by atoms with Crippen molar-refractivity contribution in [2.24, 2.45) is 0 Å². The number of aromatic nitrogens is 3. The van der Waals surface area contributed by atoms with Crippen LogP contribution in [0.3, 0.4) is 0 Å². The SMILES string of the molecule is CCOc1nc2ccc(OC)cc2cc1-c1noc(-c2cc(OC)c(OC)c(OC)c2)n1. The first-order valence-corrected chi connectivity index (χ1v) is 9.87. The van der Waals surface area contributed by atoms with E-state index in [1.54, 1.807) is 40.6 Å². The minimum atomic E-state index is 0.285. The summed E-state index contributed by atoms with van der Waals surface area (Å²) in [5, 5.41) is 5.02. The Morgan fingerprint density at radius 3 is 2.22 bits per heavy atom. The van der Waals surface area contributed by atoms with E-state index in [-0.39, 0.29) is 5.89 Å². The van der Waals surface area contributed by atoms with Gasteiger partial charge in [0.2, 0.25) is 17.5 Å². The summed E-state index contributed by atoms with van der Waals surface area (Å²) in [4.78, 5) is 9.19. The minimum absolute atomic E-state index is 0.285. The molecule has 0 saturated heterocycles. The number of nitrogens with zero attached hydrogens (tertiary/aromatic N) is 3. The lowest BCUT2D eigenvalue weighted by molar-refractivity contribution is 0.324. The van der Waals surface area contributed by atoms with Gasteiger partial charge in [-0.05, 0) is 43.3 Å². The van der Waals surface area contributed by atoms with E-state index in [0.717, 1.165) is 16.7 Å². The van der Waals surface area contributed by atoms with Gasteiger partial charge in [0.1, 0.15) is 5.75 Å². The molecule has 0 aliphatic carbocycles. The van der Waals surface area contributed by atoms with Crippen molar-refractivity contribution in [2.45, 2.75) is 6.92 Å². The highest BCUT2D eigenvalue weighted by molar-refractivity contribution is 5.86. The standard InChI is InChI=1S/C23H23N3O6/c1-6-31-23-16(10-13-9-15(27-2)7-8-17(13)24-23)21-25-22(32-26-21)14-11-18(28-3)20(30-5)19(12-14)29-4/h7-12H,6H2,1-5H3. The molecule has 32 heavy (non-hydrogen) atoms. The number of methoxy groups -OCH3 is 4. The topological polar surface area (TPSA) is 98.0 Å². The van der Waals surface area contributed by atoms with Crippen molar-refractivity contribution < 1.29 is 28.2 Å². The van der Waals surface area contributed by atoms with Gasteiger partial charge in [0, 0.05) is 10.9 Å². The smallest absolute Gasteiger partial charge is 0.258 e.